The van der Waals surface area contributed by atoms with E-state index in [-0.39, 0.29) is 48.8 Å². The first-order chi connectivity index (χ1) is 11.0. The van der Waals surface area contributed by atoms with E-state index in [9.17, 15) is 19.2 Å². The Morgan fingerprint density at radius 3 is 1.22 bits per heavy atom. The van der Waals surface area contributed by atoms with Crippen molar-refractivity contribution in [3.8, 4) is 0 Å². The molecular weight excluding hydrogens is 304 g/mol. The summed E-state index contributed by atoms with van der Waals surface area (Å²) < 4.78 is 15.7. The molecule has 0 bridgehead atoms. The molecule has 0 heterocycles. The highest BCUT2D eigenvalue weighted by atomic mass is 16.5. The molecule has 7 heteroatoms. The summed E-state index contributed by atoms with van der Waals surface area (Å²) in [6.45, 7) is 4.54. The van der Waals surface area contributed by atoms with Gasteiger partial charge in [0.1, 0.15) is 11.9 Å². The van der Waals surface area contributed by atoms with Crippen molar-refractivity contribution >= 4 is 23.4 Å². The fourth-order valence-corrected chi connectivity index (χ4v) is 1.49. The topological polar surface area (TPSA) is 96.0 Å². The van der Waals surface area contributed by atoms with E-state index in [1.54, 1.807) is 11.9 Å². The van der Waals surface area contributed by atoms with Gasteiger partial charge in [0.25, 0.3) is 0 Å². The highest BCUT2D eigenvalue weighted by molar-refractivity contribution is 6.00. The number of ether oxygens (including phenoxy) is 3. The van der Waals surface area contributed by atoms with Crippen molar-refractivity contribution in [2.24, 2.45) is 0 Å². The van der Waals surface area contributed by atoms with Crippen LogP contribution in [0.2, 0.25) is 0 Å². The maximum absolute atomic E-state index is 10.9. The third-order valence-electron chi connectivity index (χ3n) is 2.83. The van der Waals surface area contributed by atoms with Crippen LogP contribution in [0.25, 0.3) is 0 Å². The van der Waals surface area contributed by atoms with Gasteiger partial charge < -0.3 is 14.2 Å². The number of Topliss-reactive ketones (excluding diaryl/α,β-unsaturated/α-hetero) is 2. The molecule has 0 aliphatic heterocycles. The molecule has 0 fully saturated rings. The lowest BCUT2D eigenvalue weighted by Gasteiger charge is -2.06. The average molecular weight is 326 g/mol. The van der Waals surface area contributed by atoms with Crippen LogP contribution >= 0.6 is 0 Å². The third kappa shape index (κ3) is 11.4. The summed E-state index contributed by atoms with van der Waals surface area (Å²) in [6, 6.07) is 0. The van der Waals surface area contributed by atoms with Crippen LogP contribution in [0.5, 0.6) is 0 Å². The molecule has 0 amide bonds. The highest BCUT2D eigenvalue weighted by Gasteiger charge is 2.05. The van der Waals surface area contributed by atoms with Crippen LogP contribution in [-0.2, 0) is 33.4 Å². The summed E-state index contributed by atoms with van der Waals surface area (Å²) >= 11 is 0. The monoisotopic (exact) mass is 326 g/mol. The maximum atomic E-state index is 10.9. The Morgan fingerprint density at radius 1 is 0.652 bits per heavy atom. The molecule has 0 rings (SSSR count). The summed E-state index contributed by atoms with van der Waals surface area (Å²) in [6.07, 6.45) is 0.482. The molecule has 0 atom stereocenters. The molecule has 0 radical (unpaired) electrons. The summed E-state index contributed by atoms with van der Waals surface area (Å²) in [5.74, 6) is 2.59. The van der Waals surface area contributed by atoms with Crippen LogP contribution < -0.4 is 0 Å². The Kier molecular flexibility index (Phi) is 12.6. The smallest absolute Gasteiger partial charge is 0.166 e. The van der Waals surface area contributed by atoms with E-state index in [4.69, 9.17) is 14.2 Å². The predicted molar refractivity (Wildman–Crippen MR) is 81.5 cm³/mol. The minimum Gasteiger partial charge on any atom is -0.379 e. The van der Waals surface area contributed by atoms with Gasteiger partial charge in [-0.1, -0.05) is 0 Å². The molecule has 7 nitrogen and oxygen atoms in total. The second-order valence-corrected chi connectivity index (χ2v) is 4.61. The fourth-order valence-electron chi connectivity index (χ4n) is 1.49. The summed E-state index contributed by atoms with van der Waals surface area (Å²) in [5, 5.41) is 0. The highest BCUT2D eigenvalue weighted by Crippen LogP contribution is 1.99. The van der Waals surface area contributed by atoms with Crippen molar-refractivity contribution in [2.45, 2.75) is 26.7 Å². The van der Waals surface area contributed by atoms with Gasteiger partial charge in [0.15, 0.2) is 11.6 Å². The Balaban J connectivity index is 3.44. The van der Waals surface area contributed by atoms with Gasteiger partial charge in [-0.2, -0.15) is 0 Å². The van der Waals surface area contributed by atoms with Gasteiger partial charge in [-0.3, -0.25) is 9.59 Å². The Bertz CT molecular complexity index is 439. The summed E-state index contributed by atoms with van der Waals surface area (Å²) in [4.78, 5) is 42.7. The zero-order chi connectivity index (χ0) is 17.5. The molecule has 0 unspecified atom stereocenters. The number of hydrogen-bond acceptors (Lipinski definition) is 7. The lowest BCUT2D eigenvalue weighted by Crippen LogP contribution is -2.11. The largest absolute Gasteiger partial charge is 0.379 e. The van der Waals surface area contributed by atoms with Crippen LogP contribution in [0, 0.1) is 0 Å². The van der Waals surface area contributed by atoms with Crippen LogP contribution in [0.3, 0.4) is 0 Å². The average Bonchev–Trinajstić information content (AvgIpc) is 2.51. The molecule has 128 valence electrons. The minimum absolute atomic E-state index is 0.0913. The van der Waals surface area contributed by atoms with Gasteiger partial charge in [0, 0.05) is 12.8 Å². The molecule has 0 aliphatic carbocycles. The van der Waals surface area contributed by atoms with Crippen molar-refractivity contribution in [1.82, 2.24) is 0 Å². The first-order valence-corrected chi connectivity index (χ1v) is 7.26. The molecule has 0 aromatic rings. The lowest BCUT2D eigenvalue weighted by atomic mass is 10.1. The maximum Gasteiger partial charge on any atom is 0.166 e. The number of hydrogen-bond donors (Lipinski definition) is 0. The van der Waals surface area contributed by atoms with E-state index in [0.717, 1.165) is 0 Å². The second kappa shape index (κ2) is 13.8. The molecule has 0 aromatic carbocycles. The Morgan fingerprint density at radius 2 is 0.957 bits per heavy atom. The third-order valence-corrected chi connectivity index (χ3v) is 2.83. The van der Waals surface area contributed by atoms with Crippen molar-refractivity contribution in [2.75, 3.05) is 39.6 Å². The number of rotatable bonds is 14. The molecule has 0 aromatic heterocycles. The van der Waals surface area contributed by atoms with Crippen molar-refractivity contribution < 1.29 is 33.4 Å². The van der Waals surface area contributed by atoms with Gasteiger partial charge >= 0.3 is 0 Å². The SMILES string of the molecule is CC(=O)C(=C=O)CCOCCOCCOCCC(=C=O)C(C)=O. The van der Waals surface area contributed by atoms with Crippen LogP contribution in [0.4, 0.5) is 0 Å². The summed E-state index contributed by atoms with van der Waals surface area (Å²) in [5.41, 5.74) is 0.183. The van der Waals surface area contributed by atoms with E-state index in [1.807, 2.05) is 0 Å². The predicted octanol–water partition coefficient (Wildman–Crippen LogP) is 0.510. The molecule has 23 heavy (non-hydrogen) atoms. The molecule has 0 N–H and O–H groups in total. The van der Waals surface area contributed by atoms with E-state index < -0.39 is 0 Å². The zero-order valence-electron chi connectivity index (χ0n) is 13.5. The van der Waals surface area contributed by atoms with Gasteiger partial charge in [-0.25, -0.2) is 9.59 Å². The van der Waals surface area contributed by atoms with E-state index >= 15 is 0 Å². The zero-order valence-corrected chi connectivity index (χ0v) is 13.5. The quantitative estimate of drug-likeness (QED) is 0.261. The standard InChI is InChI=1S/C16H22O7/c1-13(19)15(11-17)3-5-21-7-9-23-10-8-22-6-4-16(12-18)14(2)20/h3-10H2,1-2H3. The normalized spacial score (nSPS) is 9.83. The van der Waals surface area contributed by atoms with Crippen molar-refractivity contribution in [1.29, 1.82) is 0 Å². The minimum atomic E-state index is -0.297. The van der Waals surface area contributed by atoms with Crippen molar-refractivity contribution in [3.05, 3.63) is 11.1 Å². The van der Waals surface area contributed by atoms with Gasteiger partial charge in [-0.05, 0) is 13.8 Å². The lowest BCUT2D eigenvalue weighted by molar-refractivity contribution is -0.114. The number of carbonyl (C=O) groups is 2. The van der Waals surface area contributed by atoms with E-state index in [0.29, 0.717) is 26.4 Å². The first kappa shape index (κ1) is 21.1. The first-order valence-electron chi connectivity index (χ1n) is 7.26. The second-order valence-electron chi connectivity index (χ2n) is 4.61. The molecule has 0 aliphatic rings. The molecule has 0 saturated heterocycles. The molecule has 0 saturated carbocycles. The molecular formula is C16H22O7. The van der Waals surface area contributed by atoms with Gasteiger partial charge in [-0.15, -0.1) is 0 Å². The number of carbonyl (C=O) groups excluding carboxylic acids is 4. The van der Waals surface area contributed by atoms with Crippen molar-refractivity contribution in [3.63, 3.8) is 0 Å². The fraction of sp³-hybridized carbons (Fsp3) is 0.625. The number of ketones is 2. The molecule has 0 spiro atoms. The van der Waals surface area contributed by atoms with Crippen LogP contribution in [0.15, 0.2) is 11.1 Å². The summed E-state index contributed by atoms with van der Waals surface area (Å²) in [7, 11) is 0. The van der Waals surface area contributed by atoms with Crippen LogP contribution in [0.1, 0.15) is 26.7 Å². The van der Waals surface area contributed by atoms with Gasteiger partial charge in [0.2, 0.25) is 0 Å². The Labute approximate surface area is 135 Å². The van der Waals surface area contributed by atoms with Gasteiger partial charge in [0.05, 0.1) is 50.8 Å². The van der Waals surface area contributed by atoms with E-state index in [2.05, 4.69) is 0 Å². The van der Waals surface area contributed by atoms with Crippen LogP contribution in [-0.4, -0.2) is 63.1 Å². The van der Waals surface area contributed by atoms with E-state index in [1.165, 1.54) is 13.8 Å². The Hall–Kier alpha value is -1.88.